The van der Waals surface area contributed by atoms with Crippen molar-refractivity contribution in [2.45, 2.75) is 79.3 Å². The monoisotopic (exact) mass is 395 g/mol. The number of fused-ring (bicyclic) bond motifs is 1. The molecule has 1 heterocycles. The van der Waals surface area contributed by atoms with Crippen LogP contribution in [0.15, 0.2) is 24.3 Å². The van der Waals surface area contributed by atoms with Crippen molar-refractivity contribution in [2.24, 2.45) is 0 Å². The van der Waals surface area contributed by atoms with Crippen molar-refractivity contribution >= 4 is 19.5 Å². The Bertz CT molecular complexity index is 830. The molecule has 1 aliphatic heterocycles. The molecule has 3 atom stereocenters. The van der Waals surface area contributed by atoms with E-state index in [1.165, 1.54) is 57.6 Å². The molecule has 2 aliphatic rings. The lowest BCUT2D eigenvalue weighted by atomic mass is 9.88. The second kappa shape index (κ2) is 7.19. The summed E-state index contributed by atoms with van der Waals surface area (Å²) in [6.07, 6.45) is 4.70. The summed E-state index contributed by atoms with van der Waals surface area (Å²) in [4.78, 5) is 0. The lowest BCUT2D eigenvalue weighted by molar-refractivity contribution is 0.408. The van der Waals surface area contributed by atoms with E-state index in [1.807, 2.05) is 0 Å². The van der Waals surface area contributed by atoms with E-state index in [0.29, 0.717) is 12.1 Å². The Labute approximate surface area is 170 Å². The van der Waals surface area contributed by atoms with E-state index >= 15 is 0 Å². The molecule has 148 valence electrons. The molecule has 2 aromatic rings. The van der Waals surface area contributed by atoms with Crippen LogP contribution in [0.4, 0.5) is 11.4 Å². The van der Waals surface area contributed by atoms with Gasteiger partial charge in [-0.3, -0.25) is 0 Å². The van der Waals surface area contributed by atoms with Crippen LogP contribution in [0, 0.1) is 41.5 Å². The third-order valence-corrected chi connectivity index (χ3v) is 8.15. The smallest absolute Gasteiger partial charge is 0.139 e. The number of hydrogen-bond donors (Lipinski definition) is 0. The fourth-order valence-electron chi connectivity index (χ4n) is 5.59. The van der Waals surface area contributed by atoms with Crippen LogP contribution >= 0.6 is 8.10 Å². The number of aryl methyl sites for hydroxylation is 6. The van der Waals surface area contributed by atoms with Gasteiger partial charge in [-0.25, -0.2) is 0 Å². The molecular formula is C24H32N2OP+. The highest BCUT2D eigenvalue weighted by atomic mass is 31.1. The number of anilines is 2. The van der Waals surface area contributed by atoms with E-state index in [1.54, 1.807) is 0 Å². The molecule has 4 heteroatoms. The average Bonchev–Trinajstić information content (AvgIpc) is 2.87. The van der Waals surface area contributed by atoms with Gasteiger partial charge in [0, 0.05) is 0 Å². The topological polar surface area (TPSA) is 23.6 Å². The second-order valence-corrected chi connectivity index (χ2v) is 10.2. The Kier molecular flexibility index (Phi) is 5.00. The molecule has 1 saturated carbocycles. The van der Waals surface area contributed by atoms with Crippen LogP contribution in [0.25, 0.3) is 0 Å². The van der Waals surface area contributed by atoms with E-state index in [9.17, 15) is 4.57 Å². The van der Waals surface area contributed by atoms with Crippen LogP contribution in [0.3, 0.4) is 0 Å². The first-order chi connectivity index (χ1) is 13.3. The number of nitrogens with zero attached hydrogens (tertiary/aromatic N) is 2. The second-order valence-electron chi connectivity index (χ2n) is 8.86. The third kappa shape index (κ3) is 3.05. The maximum atomic E-state index is 14.1. The molecule has 2 fully saturated rings. The van der Waals surface area contributed by atoms with Gasteiger partial charge >= 0.3 is 8.10 Å². The Morgan fingerprint density at radius 2 is 1.00 bits per heavy atom. The molecule has 2 unspecified atom stereocenters. The average molecular weight is 396 g/mol. The van der Waals surface area contributed by atoms with Gasteiger partial charge in [0.1, 0.15) is 12.1 Å². The summed E-state index contributed by atoms with van der Waals surface area (Å²) in [6, 6.07) is 9.58. The molecule has 4 rings (SSSR count). The van der Waals surface area contributed by atoms with E-state index in [4.69, 9.17) is 0 Å². The molecule has 0 radical (unpaired) electrons. The van der Waals surface area contributed by atoms with Crippen molar-refractivity contribution in [3.63, 3.8) is 0 Å². The van der Waals surface area contributed by atoms with Gasteiger partial charge in [0.25, 0.3) is 0 Å². The quantitative estimate of drug-likeness (QED) is 0.521. The largest absolute Gasteiger partial charge is 0.596 e. The summed E-state index contributed by atoms with van der Waals surface area (Å²) in [7, 11) is -1.66. The Balaban J connectivity index is 1.87. The Morgan fingerprint density at radius 1 is 0.679 bits per heavy atom. The molecular weight excluding hydrogens is 363 g/mol. The predicted octanol–water partition coefficient (Wildman–Crippen LogP) is 6.83. The zero-order valence-electron chi connectivity index (χ0n) is 18.0. The van der Waals surface area contributed by atoms with Crippen LogP contribution in [-0.2, 0) is 4.57 Å². The van der Waals surface area contributed by atoms with Gasteiger partial charge in [-0.05, 0) is 81.2 Å². The van der Waals surface area contributed by atoms with Crippen molar-refractivity contribution in [3.8, 4) is 0 Å². The van der Waals surface area contributed by atoms with Crippen LogP contribution in [0.1, 0.15) is 59.1 Å². The number of rotatable bonds is 2. The van der Waals surface area contributed by atoms with E-state index < -0.39 is 8.10 Å². The lowest BCUT2D eigenvalue weighted by Crippen LogP contribution is -2.40. The minimum atomic E-state index is -1.66. The maximum absolute atomic E-state index is 14.1. The SMILES string of the molecule is Cc1cc(C)c(N2C3CCCC[C@H]3N(c3c(C)cc(C)cc3C)[P+]2=O)c(C)c1. The molecule has 0 bridgehead atoms. The van der Waals surface area contributed by atoms with Gasteiger partial charge in [-0.1, -0.05) is 48.2 Å². The minimum absolute atomic E-state index is 0.331. The van der Waals surface area contributed by atoms with Crippen molar-refractivity contribution in [3.05, 3.63) is 57.6 Å². The van der Waals surface area contributed by atoms with Crippen molar-refractivity contribution in [1.29, 1.82) is 0 Å². The first-order valence-corrected chi connectivity index (χ1v) is 11.7. The molecule has 1 saturated heterocycles. The van der Waals surface area contributed by atoms with Gasteiger partial charge < -0.3 is 0 Å². The molecule has 0 aromatic heterocycles. The fourth-order valence-corrected chi connectivity index (χ4v) is 7.82. The predicted molar refractivity (Wildman–Crippen MR) is 120 cm³/mol. The van der Waals surface area contributed by atoms with E-state index in [2.05, 4.69) is 75.1 Å². The maximum Gasteiger partial charge on any atom is 0.596 e. The zero-order valence-corrected chi connectivity index (χ0v) is 18.9. The van der Waals surface area contributed by atoms with Gasteiger partial charge in [-0.2, -0.15) is 0 Å². The van der Waals surface area contributed by atoms with Crippen LogP contribution < -0.4 is 9.34 Å². The van der Waals surface area contributed by atoms with Crippen molar-refractivity contribution < 1.29 is 4.57 Å². The molecule has 2 aromatic carbocycles. The highest BCUT2D eigenvalue weighted by molar-refractivity contribution is 7.49. The van der Waals surface area contributed by atoms with E-state index in [-0.39, 0.29) is 0 Å². The summed E-state index contributed by atoms with van der Waals surface area (Å²) in [5, 5.41) is 0. The number of benzene rings is 2. The van der Waals surface area contributed by atoms with Gasteiger partial charge in [0.2, 0.25) is 0 Å². The first-order valence-electron chi connectivity index (χ1n) is 10.5. The normalized spacial score (nSPS) is 23.3. The summed E-state index contributed by atoms with van der Waals surface area (Å²) in [5.74, 6) is 0. The molecule has 3 nitrogen and oxygen atoms in total. The van der Waals surface area contributed by atoms with Gasteiger partial charge in [0.15, 0.2) is 0 Å². The molecule has 0 N–H and O–H groups in total. The highest BCUT2D eigenvalue weighted by Gasteiger charge is 2.59. The van der Waals surface area contributed by atoms with Crippen LogP contribution in [-0.4, -0.2) is 12.1 Å². The van der Waals surface area contributed by atoms with Gasteiger partial charge in [-0.15, -0.1) is 9.34 Å². The van der Waals surface area contributed by atoms with Crippen LogP contribution in [0.2, 0.25) is 0 Å². The first kappa shape index (κ1) is 19.5. The van der Waals surface area contributed by atoms with E-state index in [0.717, 1.165) is 12.8 Å². The van der Waals surface area contributed by atoms with Crippen molar-refractivity contribution in [2.75, 3.05) is 9.34 Å². The summed E-state index contributed by atoms with van der Waals surface area (Å²) in [5.41, 5.74) is 9.88. The zero-order chi connectivity index (χ0) is 20.2. The van der Waals surface area contributed by atoms with Crippen molar-refractivity contribution in [1.82, 2.24) is 0 Å². The molecule has 28 heavy (non-hydrogen) atoms. The minimum Gasteiger partial charge on any atom is -0.139 e. The fraction of sp³-hybridized carbons (Fsp3) is 0.500. The summed E-state index contributed by atoms with van der Waals surface area (Å²) >= 11 is 0. The highest BCUT2D eigenvalue weighted by Crippen LogP contribution is 2.56. The summed E-state index contributed by atoms with van der Waals surface area (Å²) in [6.45, 7) is 13.0. The third-order valence-electron chi connectivity index (χ3n) is 6.42. The molecule has 0 spiro atoms. The molecule has 0 amide bonds. The lowest BCUT2D eigenvalue weighted by Gasteiger charge is -2.28. The van der Waals surface area contributed by atoms with Crippen LogP contribution in [0.5, 0.6) is 0 Å². The Morgan fingerprint density at radius 3 is 1.32 bits per heavy atom. The standard InChI is InChI=1S/C24H32N2OP/c1-15-11-17(3)23(18(4)12-15)25-21-9-7-8-10-22(21)26(28(25)27)24-19(5)13-16(2)14-20(24)6/h11-14,21-22H,7-10H2,1-6H3/q+1/t21-,22?/m1/s1. The number of hydrogen-bond acceptors (Lipinski definition) is 1. The Hall–Kier alpha value is -1.86. The summed E-state index contributed by atoms with van der Waals surface area (Å²) < 4.78 is 18.6. The molecule has 1 aliphatic carbocycles. The van der Waals surface area contributed by atoms with Gasteiger partial charge in [0.05, 0.1) is 11.4 Å².